The summed E-state index contributed by atoms with van der Waals surface area (Å²) in [6.45, 7) is 3.66. The standard InChI is InChI=1S/C18H25N3O2S/c22-18(21-9-7-20(8-10-21)15-2-1-3-15)14-4-5-17(19-12-14)23-16-6-11-24-13-16/h4-5,12,15-16H,1-3,6-11,13H2. The highest BCUT2D eigenvalue weighted by Gasteiger charge is 2.29. The normalized spacial score (nSPS) is 25.5. The van der Waals surface area contributed by atoms with E-state index in [-0.39, 0.29) is 12.0 Å². The number of aromatic nitrogens is 1. The number of carbonyl (C=O) groups is 1. The lowest BCUT2D eigenvalue weighted by Crippen LogP contribution is -2.53. The number of piperazine rings is 1. The molecule has 5 nitrogen and oxygen atoms in total. The summed E-state index contributed by atoms with van der Waals surface area (Å²) in [4.78, 5) is 21.5. The molecule has 0 aromatic carbocycles. The van der Waals surface area contributed by atoms with Crippen LogP contribution in [-0.4, -0.2) is 70.5 Å². The molecule has 3 heterocycles. The Balaban J connectivity index is 1.31. The van der Waals surface area contributed by atoms with Gasteiger partial charge in [-0.05, 0) is 31.1 Å². The zero-order chi connectivity index (χ0) is 16.4. The van der Waals surface area contributed by atoms with Crippen LogP contribution in [-0.2, 0) is 0 Å². The molecule has 2 aliphatic heterocycles. The van der Waals surface area contributed by atoms with Crippen molar-refractivity contribution in [3.05, 3.63) is 23.9 Å². The van der Waals surface area contributed by atoms with Crippen molar-refractivity contribution in [2.75, 3.05) is 37.7 Å². The zero-order valence-electron chi connectivity index (χ0n) is 14.0. The molecule has 3 aliphatic rings. The van der Waals surface area contributed by atoms with Gasteiger partial charge in [0.25, 0.3) is 5.91 Å². The van der Waals surface area contributed by atoms with E-state index in [1.807, 2.05) is 28.8 Å². The molecule has 4 rings (SSSR count). The Morgan fingerprint density at radius 3 is 2.58 bits per heavy atom. The monoisotopic (exact) mass is 347 g/mol. The van der Waals surface area contributed by atoms with Crippen molar-refractivity contribution in [3.8, 4) is 5.88 Å². The number of hydrogen-bond donors (Lipinski definition) is 0. The largest absolute Gasteiger partial charge is 0.473 e. The van der Waals surface area contributed by atoms with Crippen LogP contribution >= 0.6 is 11.8 Å². The van der Waals surface area contributed by atoms with E-state index in [0.29, 0.717) is 11.4 Å². The van der Waals surface area contributed by atoms with Crippen molar-refractivity contribution < 1.29 is 9.53 Å². The fourth-order valence-electron chi connectivity index (χ4n) is 3.58. The summed E-state index contributed by atoms with van der Waals surface area (Å²) in [5.41, 5.74) is 0.667. The first-order chi connectivity index (χ1) is 11.8. The van der Waals surface area contributed by atoms with Crippen LogP contribution in [0.5, 0.6) is 5.88 Å². The Hall–Kier alpha value is -1.27. The lowest BCUT2D eigenvalue weighted by atomic mass is 9.91. The summed E-state index contributed by atoms with van der Waals surface area (Å²) < 4.78 is 5.85. The maximum atomic E-state index is 12.6. The van der Waals surface area contributed by atoms with Gasteiger partial charge in [0, 0.05) is 50.2 Å². The van der Waals surface area contributed by atoms with Crippen molar-refractivity contribution in [2.45, 2.75) is 37.8 Å². The molecule has 1 saturated carbocycles. The number of pyridine rings is 1. The summed E-state index contributed by atoms with van der Waals surface area (Å²) in [7, 11) is 0. The number of ether oxygens (including phenoxy) is 1. The second kappa shape index (κ2) is 7.31. The molecule has 1 atom stereocenters. The number of carbonyl (C=O) groups excluding carboxylic acids is 1. The highest BCUT2D eigenvalue weighted by molar-refractivity contribution is 7.99. The molecule has 24 heavy (non-hydrogen) atoms. The molecular formula is C18H25N3O2S. The summed E-state index contributed by atoms with van der Waals surface area (Å²) in [5.74, 6) is 2.93. The molecule has 2 saturated heterocycles. The van der Waals surface area contributed by atoms with Gasteiger partial charge in [-0.1, -0.05) is 6.42 Å². The average Bonchev–Trinajstić information content (AvgIpc) is 3.07. The number of thioether (sulfide) groups is 1. The molecule has 130 valence electrons. The van der Waals surface area contributed by atoms with Gasteiger partial charge in [0.2, 0.25) is 5.88 Å². The molecule has 0 spiro atoms. The van der Waals surface area contributed by atoms with Crippen LogP contribution < -0.4 is 4.74 Å². The van der Waals surface area contributed by atoms with Gasteiger partial charge in [-0.25, -0.2) is 4.98 Å². The lowest BCUT2D eigenvalue weighted by Gasteiger charge is -2.42. The molecule has 1 aromatic heterocycles. The molecule has 0 bridgehead atoms. The highest BCUT2D eigenvalue weighted by Crippen LogP contribution is 2.26. The molecule has 1 aliphatic carbocycles. The van der Waals surface area contributed by atoms with E-state index in [9.17, 15) is 4.79 Å². The van der Waals surface area contributed by atoms with E-state index in [0.717, 1.165) is 50.1 Å². The van der Waals surface area contributed by atoms with Gasteiger partial charge in [-0.3, -0.25) is 9.69 Å². The minimum absolute atomic E-state index is 0.0960. The van der Waals surface area contributed by atoms with Crippen LogP contribution in [0.1, 0.15) is 36.0 Å². The average molecular weight is 347 g/mol. The maximum Gasteiger partial charge on any atom is 0.255 e. The molecule has 0 radical (unpaired) electrons. The highest BCUT2D eigenvalue weighted by atomic mass is 32.2. The quantitative estimate of drug-likeness (QED) is 0.836. The molecule has 1 unspecified atom stereocenters. The first-order valence-electron chi connectivity index (χ1n) is 9.03. The molecule has 1 amide bonds. The van der Waals surface area contributed by atoms with Gasteiger partial charge in [0.15, 0.2) is 0 Å². The number of rotatable bonds is 4. The number of amides is 1. The van der Waals surface area contributed by atoms with E-state index in [4.69, 9.17) is 4.74 Å². The van der Waals surface area contributed by atoms with Crippen molar-refractivity contribution in [3.63, 3.8) is 0 Å². The minimum Gasteiger partial charge on any atom is -0.473 e. The maximum absolute atomic E-state index is 12.6. The summed E-state index contributed by atoms with van der Waals surface area (Å²) in [6.07, 6.45) is 7.04. The Morgan fingerprint density at radius 1 is 1.17 bits per heavy atom. The first kappa shape index (κ1) is 16.2. The van der Waals surface area contributed by atoms with Gasteiger partial charge in [0.05, 0.1) is 5.56 Å². The van der Waals surface area contributed by atoms with Crippen LogP contribution in [0, 0.1) is 0 Å². The topological polar surface area (TPSA) is 45.7 Å². The van der Waals surface area contributed by atoms with Crippen molar-refractivity contribution >= 4 is 17.7 Å². The smallest absolute Gasteiger partial charge is 0.255 e. The van der Waals surface area contributed by atoms with E-state index >= 15 is 0 Å². The number of hydrogen-bond acceptors (Lipinski definition) is 5. The van der Waals surface area contributed by atoms with E-state index < -0.39 is 0 Å². The fraction of sp³-hybridized carbons (Fsp3) is 0.667. The molecule has 3 fully saturated rings. The summed E-state index contributed by atoms with van der Waals surface area (Å²) in [6, 6.07) is 4.46. The second-order valence-electron chi connectivity index (χ2n) is 6.90. The SMILES string of the molecule is O=C(c1ccc(OC2CCSC2)nc1)N1CCN(C2CCC2)CC1. The Bertz CT molecular complexity index is 562. The van der Waals surface area contributed by atoms with Crippen LogP contribution in [0.15, 0.2) is 18.3 Å². The van der Waals surface area contributed by atoms with E-state index in [2.05, 4.69) is 9.88 Å². The molecular weight excluding hydrogens is 322 g/mol. The lowest BCUT2D eigenvalue weighted by molar-refractivity contribution is 0.0455. The van der Waals surface area contributed by atoms with E-state index in [1.165, 1.54) is 19.3 Å². The van der Waals surface area contributed by atoms with Gasteiger partial charge in [-0.2, -0.15) is 11.8 Å². The Morgan fingerprint density at radius 2 is 2.00 bits per heavy atom. The molecule has 0 N–H and O–H groups in total. The van der Waals surface area contributed by atoms with Crippen LogP contribution in [0.2, 0.25) is 0 Å². The molecule has 6 heteroatoms. The van der Waals surface area contributed by atoms with Gasteiger partial charge in [0.1, 0.15) is 6.10 Å². The predicted octanol–water partition coefficient (Wildman–Crippen LogP) is 2.28. The van der Waals surface area contributed by atoms with E-state index in [1.54, 1.807) is 6.20 Å². The fourth-order valence-corrected chi connectivity index (χ4v) is 4.67. The Kier molecular flexibility index (Phi) is 4.94. The zero-order valence-corrected chi connectivity index (χ0v) is 14.8. The summed E-state index contributed by atoms with van der Waals surface area (Å²) >= 11 is 1.92. The third-order valence-corrected chi connectivity index (χ3v) is 6.48. The van der Waals surface area contributed by atoms with Crippen LogP contribution in [0.4, 0.5) is 0 Å². The summed E-state index contributed by atoms with van der Waals surface area (Å²) in [5, 5.41) is 0. The van der Waals surface area contributed by atoms with Crippen LogP contribution in [0.3, 0.4) is 0 Å². The third kappa shape index (κ3) is 3.54. The van der Waals surface area contributed by atoms with Crippen LogP contribution in [0.25, 0.3) is 0 Å². The van der Waals surface area contributed by atoms with Crippen molar-refractivity contribution in [1.82, 2.24) is 14.8 Å². The van der Waals surface area contributed by atoms with Crippen molar-refractivity contribution in [2.24, 2.45) is 0 Å². The first-order valence-corrected chi connectivity index (χ1v) is 10.2. The number of nitrogens with zero attached hydrogens (tertiary/aromatic N) is 3. The van der Waals surface area contributed by atoms with Gasteiger partial charge < -0.3 is 9.64 Å². The van der Waals surface area contributed by atoms with Gasteiger partial charge in [-0.15, -0.1) is 0 Å². The molecule has 1 aromatic rings. The van der Waals surface area contributed by atoms with Crippen molar-refractivity contribution in [1.29, 1.82) is 0 Å². The Labute approximate surface area is 147 Å². The minimum atomic E-state index is 0.0960. The van der Waals surface area contributed by atoms with Gasteiger partial charge >= 0.3 is 0 Å². The second-order valence-corrected chi connectivity index (χ2v) is 8.05. The predicted molar refractivity (Wildman–Crippen MR) is 95.7 cm³/mol. The third-order valence-electron chi connectivity index (χ3n) is 5.35.